The zero-order valence-corrected chi connectivity index (χ0v) is 20.7. The third-order valence-corrected chi connectivity index (χ3v) is 11.3. The van der Waals surface area contributed by atoms with E-state index in [0.717, 1.165) is 13.1 Å². The molecule has 0 radical (unpaired) electrons. The van der Waals surface area contributed by atoms with Crippen LogP contribution in [0.2, 0.25) is 0 Å². The predicted octanol–water partition coefficient (Wildman–Crippen LogP) is 3.30. The molecule has 0 spiro atoms. The molecule has 3 heteroatoms. The zero-order chi connectivity index (χ0) is 22.6. The predicted molar refractivity (Wildman–Crippen MR) is 141 cm³/mol. The van der Waals surface area contributed by atoms with Crippen LogP contribution in [0.5, 0.6) is 0 Å². The summed E-state index contributed by atoms with van der Waals surface area (Å²) in [5.74, 6) is 0.436. The summed E-state index contributed by atoms with van der Waals surface area (Å²) in [7, 11) is 6.26. The first-order chi connectivity index (χ1) is 15.5. The van der Waals surface area contributed by atoms with E-state index in [1.165, 1.54) is 15.6 Å². The quantitative estimate of drug-likeness (QED) is 0.393. The Morgan fingerprint density at radius 1 is 0.625 bits per heavy atom. The van der Waals surface area contributed by atoms with Gasteiger partial charge in [0, 0.05) is 19.0 Å². The molecule has 3 aromatic carbocycles. The summed E-state index contributed by atoms with van der Waals surface area (Å²) in [4.78, 5) is 4.63. The van der Waals surface area contributed by atoms with Gasteiger partial charge in [-0.1, -0.05) is 103 Å². The van der Waals surface area contributed by atoms with Crippen molar-refractivity contribution in [1.29, 1.82) is 0 Å². The van der Waals surface area contributed by atoms with Crippen molar-refractivity contribution in [2.45, 2.75) is 0 Å². The van der Waals surface area contributed by atoms with Crippen LogP contribution in [-0.2, 0) is 0 Å². The molecule has 0 amide bonds. The number of benzene rings is 3. The number of hydrogen-bond donors (Lipinski definition) is 0. The Labute approximate surface area is 194 Å². The van der Waals surface area contributed by atoms with Crippen LogP contribution in [0.3, 0.4) is 0 Å². The van der Waals surface area contributed by atoms with E-state index in [0.29, 0.717) is 5.92 Å². The number of hydrogen-bond acceptors (Lipinski definition) is 2. The van der Waals surface area contributed by atoms with Gasteiger partial charge in [0.25, 0.3) is 0 Å². The fourth-order valence-electron chi connectivity index (χ4n) is 5.14. The minimum absolute atomic E-state index is 0.436. The van der Waals surface area contributed by atoms with Crippen molar-refractivity contribution in [3.05, 3.63) is 114 Å². The molecule has 2 nitrogen and oxygen atoms in total. The first-order valence-electron chi connectivity index (χ1n) is 11.4. The Kier molecular flexibility index (Phi) is 6.90. The molecule has 32 heavy (non-hydrogen) atoms. The van der Waals surface area contributed by atoms with Gasteiger partial charge in [0.15, 0.2) is 8.07 Å². The maximum atomic E-state index is 2.46. The highest BCUT2D eigenvalue weighted by atomic mass is 28.3. The third kappa shape index (κ3) is 4.29. The van der Waals surface area contributed by atoms with E-state index < -0.39 is 8.07 Å². The fourth-order valence-corrected chi connectivity index (χ4v) is 10.2. The molecule has 4 rings (SSSR count). The third-order valence-electron chi connectivity index (χ3n) is 6.36. The SMILES string of the molecule is CN(C)CC1=C([Si](c2ccccc2)(c2ccccc2)c2ccccc2)C=CC1CN(C)C. The monoisotopic (exact) mass is 438 g/mol. The number of nitrogens with zero attached hydrogens (tertiary/aromatic N) is 2. The van der Waals surface area contributed by atoms with Crippen LogP contribution in [0, 0.1) is 5.92 Å². The molecule has 164 valence electrons. The molecular formula is C29H34N2Si. The van der Waals surface area contributed by atoms with Gasteiger partial charge < -0.3 is 9.80 Å². The lowest BCUT2D eigenvalue weighted by atomic mass is 10.0. The van der Waals surface area contributed by atoms with Gasteiger partial charge in [0.2, 0.25) is 0 Å². The van der Waals surface area contributed by atoms with E-state index in [2.05, 4.69) is 141 Å². The normalized spacial score (nSPS) is 16.4. The Morgan fingerprint density at radius 2 is 1.06 bits per heavy atom. The van der Waals surface area contributed by atoms with Crippen molar-refractivity contribution in [2.75, 3.05) is 41.3 Å². The molecule has 0 saturated carbocycles. The highest BCUT2D eigenvalue weighted by molar-refractivity contribution is 7.16. The topological polar surface area (TPSA) is 6.48 Å². The minimum Gasteiger partial charge on any atom is -0.308 e. The molecule has 0 fully saturated rings. The van der Waals surface area contributed by atoms with E-state index in [-0.39, 0.29) is 0 Å². The van der Waals surface area contributed by atoms with Crippen LogP contribution in [0.15, 0.2) is 114 Å². The van der Waals surface area contributed by atoms with Crippen molar-refractivity contribution < 1.29 is 0 Å². The maximum Gasteiger partial charge on any atom is 0.179 e. The molecule has 1 unspecified atom stereocenters. The van der Waals surface area contributed by atoms with Gasteiger partial charge in [-0.05, 0) is 54.5 Å². The van der Waals surface area contributed by atoms with Gasteiger partial charge in [-0.15, -0.1) is 0 Å². The molecule has 1 atom stereocenters. The van der Waals surface area contributed by atoms with E-state index in [4.69, 9.17) is 0 Å². The van der Waals surface area contributed by atoms with Gasteiger partial charge >= 0.3 is 0 Å². The first-order valence-corrected chi connectivity index (χ1v) is 13.4. The van der Waals surface area contributed by atoms with Gasteiger partial charge in [-0.25, -0.2) is 0 Å². The van der Waals surface area contributed by atoms with Crippen LogP contribution in [0.25, 0.3) is 0 Å². The van der Waals surface area contributed by atoms with Crippen molar-refractivity contribution >= 4 is 23.6 Å². The molecule has 1 aliphatic rings. The highest BCUT2D eigenvalue weighted by Gasteiger charge is 2.45. The molecular weight excluding hydrogens is 404 g/mol. The van der Waals surface area contributed by atoms with Gasteiger partial charge in [0.1, 0.15) is 0 Å². The van der Waals surface area contributed by atoms with E-state index in [9.17, 15) is 0 Å². The maximum absolute atomic E-state index is 2.47. The minimum atomic E-state index is -2.47. The van der Waals surface area contributed by atoms with Gasteiger partial charge in [0.05, 0.1) is 0 Å². The molecule has 0 aliphatic heterocycles. The lowest BCUT2D eigenvalue weighted by molar-refractivity contribution is 0.361. The van der Waals surface area contributed by atoms with Crippen molar-refractivity contribution in [1.82, 2.24) is 9.80 Å². The molecule has 0 N–H and O–H groups in total. The Morgan fingerprint density at radius 3 is 1.44 bits per heavy atom. The average Bonchev–Trinajstić information content (AvgIpc) is 3.18. The molecule has 1 aliphatic carbocycles. The van der Waals surface area contributed by atoms with Gasteiger partial charge in [-0.2, -0.15) is 0 Å². The smallest absolute Gasteiger partial charge is 0.179 e. The summed E-state index contributed by atoms with van der Waals surface area (Å²) in [6.07, 6.45) is 4.91. The molecule has 0 saturated heterocycles. The summed E-state index contributed by atoms with van der Waals surface area (Å²) in [5, 5.41) is 5.87. The van der Waals surface area contributed by atoms with Gasteiger partial charge in [-0.3, -0.25) is 0 Å². The van der Waals surface area contributed by atoms with Crippen molar-refractivity contribution in [2.24, 2.45) is 5.92 Å². The van der Waals surface area contributed by atoms with Crippen LogP contribution < -0.4 is 15.6 Å². The molecule has 0 heterocycles. The van der Waals surface area contributed by atoms with E-state index in [1.54, 1.807) is 10.8 Å². The Bertz CT molecular complexity index is 973. The van der Waals surface area contributed by atoms with Crippen LogP contribution in [0.1, 0.15) is 0 Å². The standard InChI is InChI=1S/C29H34N2Si/c1-30(2)22-24-20-21-29(28(24)23-31(3)4)32(25-14-8-5-9-15-25,26-16-10-6-11-17-26)27-18-12-7-13-19-27/h5-21,24H,22-23H2,1-4H3. The van der Waals surface area contributed by atoms with Crippen LogP contribution >= 0.6 is 0 Å². The van der Waals surface area contributed by atoms with Crippen molar-refractivity contribution in [3.8, 4) is 0 Å². The van der Waals surface area contributed by atoms with Crippen LogP contribution in [-0.4, -0.2) is 59.2 Å². The highest BCUT2D eigenvalue weighted by Crippen LogP contribution is 2.33. The zero-order valence-electron chi connectivity index (χ0n) is 19.7. The van der Waals surface area contributed by atoms with E-state index >= 15 is 0 Å². The summed E-state index contributed by atoms with van der Waals surface area (Å²) in [6.45, 7) is 2.01. The fraction of sp³-hybridized carbons (Fsp3) is 0.241. The summed E-state index contributed by atoms with van der Waals surface area (Å²) < 4.78 is 0. The average molecular weight is 439 g/mol. The number of rotatable bonds is 8. The lowest BCUT2D eigenvalue weighted by Gasteiger charge is -2.36. The second-order valence-corrected chi connectivity index (χ2v) is 13.0. The summed E-state index contributed by atoms with van der Waals surface area (Å²) in [6, 6.07) is 33.7. The van der Waals surface area contributed by atoms with Crippen LogP contribution in [0.4, 0.5) is 0 Å². The first kappa shape index (κ1) is 22.5. The Balaban J connectivity index is 2.08. The Hall–Kier alpha value is -2.72. The largest absolute Gasteiger partial charge is 0.308 e. The number of likely N-dealkylation sites (N-methyl/N-ethyl adjacent to an activating group) is 1. The van der Waals surface area contributed by atoms with E-state index in [1.807, 2.05) is 0 Å². The molecule has 0 aromatic heterocycles. The van der Waals surface area contributed by atoms with Crippen molar-refractivity contribution in [3.63, 3.8) is 0 Å². The second-order valence-electron chi connectivity index (χ2n) is 9.25. The summed E-state index contributed by atoms with van der Waals surface area (Å²) in [5.41, 5.74) is 1.56. The molecule has 3 aromatic rings. The second kappa shape index (κ2) is 9.82. The lowest BCUT2D eigenvalue weighted by Crippen LogP contribution is -2.68. The summed E-state index contributed by atoms with van der Waals surface area (Å²) >= 11 is 0. The number of allylic oxidation sites excluding steroid dienone is 2. The molecule has 0 bridgehead atoms.